The Labute approximate surface area is 175 Å². The number of nitrogens with two attached hydrogens (primary N) is 2. The van der Waals surface area contributed by atoms with E-state index in [4.69, 9.17) is 11.5 Å². The predicted octanol–water partition coefficient (Wildman–Crippen LogP) is 4.33. The number of carbonyl (C=O) groups excluding carboxylic acids is 1. The lowest BCUT2D eigenvalue weighted by Gasteiger charge is -2.16. The van der Waals surface area contributed by atoms with Crippen LogP contribution in [0.4, 0.5) is 11.5 Å². The van der Waals surface area contributed by atoms with Crippen LogP contribution in [-0.4, -0.2) is 22.8 Å². The molecular weight excluding hydrogens is 402 g/mol. The first kappa shape index (κ1) is 18.9. The maximum absolute atomic E-state index is 13.1. The normalized spacial score (nSPS) is 10.8. The summed E-state index contributed by atoms with van der Waals surface area (Å²) in [6.07, 6.45) is 0. The first-order chi connectivity index (χ1) is 14.0. The number of hydrogen-bond acceptors (Lipinski definition) is 7. The lowest BCUT2D eigenvalue weighted by Crippen LogP contribution is -2.26. The van der Waals surface area contributed by atoms with Gasteiger partial charge < -0.3 is 16.4 Å². The smallest absolute Gasteiger partial charge is 0.266 e. The first-order valence-electron chi connectivity index (χ1n) is 8.76. The molecule has 3 heterocycles. The lowest BCUT2D eigenvalue weighted by molar-refractivity contribution is 0.0791. The van der Waals surface area contributed by atoms with Crippen LogP contribution < -0.4 is 11.5 Å². The SMILES string of the molecule is CN(Cc1ccccc1)C(=O)c1sc2nc(N)c(C#N)c(-c3cccs3)c2c1N. The van der Waals surface area contributed by atoms with Crippen LogP contribution in [0.5, 0.6) is 0 Å². The van der Waals surface area contributed by atoms with Crippen molar-refractivity contribution in [2.75, 3.05) is 18.5 Å². The van der Waals surface area contributed by atoms with Gasteiger partial charge in [0, 0.05) is 29.4 Å². The fraction of sp³-hybridized carbons (Fsp3) is 0.0952. The molecule has 0 bridgehead atoms. The van der Waals surface area contributed by atoms with Crippen LogP contribution in [0, 0.1) is 11.3 Å². The minimum atomic E-state index is -0.191. The highest BCUT2D eigenvalue weighted by molar-refractivity contribution is 7.21. The molecule has 29 heavy (non-hydrogen) atoms. The molecule has 0 fully saturated rings. The topological polar surface area (TPSA) is 109 Å². The molecule has 0 radical (unpaired) electrons. The number of nitrogen functional groups attached to an aromatic ring is 2. The van der Waals surface area contributed by atoms with Crippen LogP contribution in [0.1, 0.15) is 20.8 Å². The van der Waals surface area contributed by atoms with Crippen molar-refractivity contribution in [3.8, 4) is 16.5 Å². The number of nitriles is 1. The Hall–Kier alpha value is -3.41. The maximum Gasteiger partial charge on any atom is 0.266 e. The molecule has 0 aliphatic rings. The van der Waals surface area contributed by atoms with Gasteiger partial charge in [-0.3, -0.25) is 4.79 Å². The number of anilines is 2. The highest BCUT2D eigenvalue weighted by Gasteiger charge is 2.26. The minimum absolute atomic E-state index is 0.140. The highest BCUT2D eigenvalue weighted by Crippen LogP contribution is 2.44. The van der Waals surface area contributed by atoms with Crippen molar-refractivity contribution in [1.29, 1.82) is 5.26 Å². The van der Waals surface area contributed by atoms with Gasteiger partial charge in [-0.2, -0.15) is 5.26 Å². The number of pyridine rings is 1. The summed E-state index contributed by atoms with van der Waals surface area (Å²) in [6.45, 7) is 0.462. The van der Waals surface area contributed by atoms with Crippen LogP contribution in [0.2, 0.25) is 0 Å². The summed E-state index contributed by atoms with van der Waals surface area (Å²) >= 11 is 2.69. The number of benzene rings is 1. The van der Waals surface area contributed by atoms with E-state index in [0.29, 0.717) is 32.9 Å². The molecule has 4 rings (SSSR count). The van der Waals surface area contributed by atoms with E-state index in [-0.39, 0.29) is 17.3 Å². The fourth-order valence-electron chi connectivity index (χ4n) is 3.21. The van der Waals surface area contributed by atoms with Crippen molar-refractivity contribution >= 4 is 50.3 Å². The summed E-state index contributed by atoms with van der Waals surface area (Å²) in [5, 5.41) is 12.2. The molecular formula is C21H17N5OS2. The van der Waals surface area contributed by atoms with E-state index in [1.807, 2.05) is 47.8 Å². The zero-order valence-corrected chi connectivity index (χ0v) is 17.2. The third-order valence-corrected chi connectivity index (χ3v) is 6.56. The fourth-order valence-corrected chi connectivity index (χ4v) is 5.10. The Morgan fingerprint density at radius 2 is 1.97 bits per heavy atom. The summed E-state index contributed by atoms with van der Waals surface area (Å²) < 4.78 is 0. The minimum Gasteiger partial charge on any atom is -0.397 e. The van der Waals surface area contributed by atoms with E-state index in [2.05, 4.69) is 11.1 Å². The van der Waals surface area contributed by atoms with E-state index >= 15 is 0 Å². The van der Waals surface area contributed by atoms with Crippen LogP contribution in [-0.2, 0) is 6.54 Å². The predicted molar refractivity (Wildman–Crippen MR) is 119 cm³/mol. The maximum atomic E-state index is 13.1. The monoisotopic (exact) mass is 419 g/mol. The van der Waals surface area contributed by atoms with Crippen LogP contribution >= 0.6 is 22.7 Å². The van der Waals surface area contributed by atoms with Gasteiger partial charge in [-0.25, -0.2) is 4.98 Å². The number of thiophene rings is 2. The van der Waals surface area contributed by atoms with Crippen LogP contribution in [0.25, 0.3) is 20.7 Å². The van der Waals surface area contributed by atoms with Crippen molar-refractivity contribution < 1.29 is 4.79 Å². The van der Waals surface area contributed by atoms with Crippen LogP contribution in [0.15, 0.2) is 47.8 Å². The molecule has 8 heteroatoms. The van der Waals surface area contributed by atoms with Gasteiger partial charge in [0.1, 0.15) is 27.2 Å². The lowest BCUT2D eigenvalue weighted by atomic mass is 10.0. The van der Waals surface area contributed by atoms with Crippen molar-refractivity contribution in [3.63, 3.8) is 0 Å². The zero-order chi connectivity index (χ0) is 20.5. The third-order valence-electron chi connectivity index (χ3n) is 4.59. The molecule has 0 spiro atoms. The third kappa shape index (κ3) is 3.31. The molecule has 4 aromatic rings. The van der Waals surface area contributed by atoms with Gasteiger partial charge in [0.2, 0.25) is 0 Å². The first-order valence-corrected chi connectivity index (χ1v) is 10.5. The Morgan fingerprint density at radius 3 is 2.62 bits per heavy atom. The number of amides is 1. The molecule has 0 atom stereocenters. The molecule has 6 nitrogen and oxygen atoms in total. The molecule has 4 N–H and O–H groups in total. The molecule has 0 unspecified atom stereocenters. The number of nitrogens with zero attached hydrogens (tertiary/aromatic N) is 3. The number of carbonyl (C=O) groups is 1. The second-order valence-corrected chi connectivity index (χ2v) is 8.45. The zero-order valence-electron chi connectivity index (χ0n) is 15.5. The second-order valence-electron chi connectivity index (χ2n) is 6.51. The van der Waals surface area contributed by atoms with E-state index in [1.165, 1.54) is 22.7 Å². The van der Waals surface area contributed by atoms with Crippen molar-refractivity contribution in [3.05, 3.63) is 63.8 Å². The van der Waals surface area contributed by atoms with E-state index in [9.17, 15) is 10.1 Å². The molecule has 0 saturated heterocycles. The van der Waals surface area contributed by atoms with Gasteiger partial charge in [-0.15, -0.1) is 22.7 Å². The molecule has 144 valence electrons. The summed E-state index contributed by atoms with van der Waals surface area (Å²) in [6, 6.07) is 15.7. The highest BCUT2D eigenvalue weighted by atomic mass is 32.1. The Morgan fingerprint density at radius 1 is 1.21 bits per heavy atom. The van der Waals surface area contributed by atoms with Crippen LogP contribution in [0.3, 0.4) is 0 Å². The molecule has 0 saturated carbocycles. The van der Waals surface area contributed by atoms with Crippen molar-refractivity contribution in [1.82, 2.24) is 9.88 Å². The number of hydrogen-bond donors (Lipinski definition) is 2. The largest absolute Gasteiger partial charge is 0.397 e. The molecule has 0 aliphatic carbocycles. The second kappa shape index (κ2) is 7.54. The van der Waals surface area contributed by atoms with E-state index in [1.54, 1.807) is 11.9 Å². The number of rotatable bonds is 4. The van der Waals surface area contributed by atoms with Gasteiger partial charge in [0.15, 0.2) is 0 Å². The van der Waals surface area contributed by atoms with Gasteiger partial charge in [0.25, 0.3) is 5.91 Å². The Bertz CT molecular complexity index is 1240. The van der Waals surface area contributed by atoms with Gasteiger partial charge in [-0.1, -0.05) is 36.4 Å². The average molecular weight is 420 g/mol. The molecule has 1 amide bonds. The molecule has 0 aliphatic heterocycles. The number of aromatic nitrogens is 1. The van der Waals surface area contributed by atoms with Gasteiger partial charge in [0.05, 0.1) is 5.69 Å². The van der Waals surface area contributed by atoms with Gasteiger partial charge >= 0.3 is 0 Å². The Kier molecular flexibility index (Phi) is 4.92. The summed E-state index contributed by atoms with van der Waals surface area (Å²) in [5.74, 6) is -0.0511. The van der Waals surface area contributed by atoms with E-state index in [0.717, 1.165) is 10.4 Å². The van der Waals surface area contributed by atoms with Crippen molar-refractivity contribution in [2.45, 2.75) is 6.54 Å². The van der Waals surface area contributed by atoms with Crippen molar-refractivity contribution in [2.24, 2.45) is 0 Å². The van der Waals surface area contributed by atoms with E-state index < -0.39 is 0 Å². The molecule has 1 aromatic carbocycles. The van der Waals surface area contributed by atoms with Gasteiger partial charge in [-0.05, 0) is 17.0 Å². The summed E-state index contributed by atoms with van der Waals surface area (Å²) in [5.41, 5.74) is 14.8. The quantitative estimate of drug-likeness (QED) is 0.512. The standard InChI is InChI=1S/C21H17N5OS2/c1-26(11-12-6-3-2-4-7-12)21(27)18-17(23)16-15(14-8-5-9-28-14)13(10-22)19(24)25-20(16)29-18/h2-9H,11,23H2,1H3,(H2,24,25). The average Bonchev–Trinajstić information content (AvgIpc) is 3.35. The summed E-state index contributed by atoms with van der Waals surface area (Å²) in [4.78, 5) is 20.9. The molecule has 3 aromatic heterocycles. The summed E-state index contributed by atoms with van der Waals surface area (Å²) in [7, 11) is 1.74. The number of fused-ring (bicyclic) bond motifs is 1. The Balaban J connectivity index is 1.83.